The molecule has 106 valence electrons. The van der Waals surface area contributed by atoms with Crippen LogP contribution < -0.4 is 0 Å². The molecule has 0 aromatic heterocycles. The van der Waals surface area contributed by atoms with Gasteiger partial charge < -0.3 is 4.90 Å². The molecular weight excluding hydrogens is 279 g/mol. The van der Waals surface area contributed by atoms with Gasteiger partial charge in [0.1, 0.15) is 0 Å². The molecule has 2 nitrogen and oxygen atoms in total. The molecule has 1 aliphatic rings. The van der Waals surface area contributed by atoms with Gasteiger partial charge in [-0.25, -0.2) is 0 Å². The second-order valence-corrected chi connectivity index (χ2v) is 4.86. The molecule has 0 amide bonds. The second-order valence-electron chi connectivity index (χ2n) is 4.86. The fourth-order valence-electron chi connectivity index (χ4n) is 2.45. The quantitative estimate of drug-likeness (QED) is 0.835. The molecule has 0 saturated carbocycles. The molecule has 6 heteroatoms. The SMILES string of the molecule is CN(C)CC1Cc2c(cccc2C(F)(F)F)C1=O.Cl. The van der Waals surface area contributed by atoms with Crippen LogP contribution >= 0.6 is 12.4 Å². The minimum atomic E-state index is -4.39. The van der Waals surface area contributed by atoms with Crippen molar-refractivity contribution in [3.05, 3.63) is 34.9 Å². The summed E-state index contributed by atoms with van der Waals surface area (Å²) in [6.45, 7) is 0.477. The van der Waals surface area contributed by atoms with Gasteiger partial charge in [-0.1, -0.05) is 12.1 Å². The predicted octanol–water partition coefficient (Wildman–Crippen LogP) is 3.04. The maximum absolute atomic E-state index is 12.8. The van der Waals surface area contributed by atoms with Crippen LogP contribution in [0.15, 0.2) is 18.2 Å². The minimum absolute atomic E-state index is 0. The van der Waals surface area contributed by atoms with Gasteiger partial charge in [0.25, 0.3) is 0 Å². The van der Waals surface area contributed by atoms with Crippen LogP contribution in [0.1, 0.15) is 21.5 Å². The van der Waals surface area contributed by atoms with Gasteiger partial charge in [0, 0.05) is 18.0 Å². The zero-order valence-electron chi connectivity index (χ0n) is 10.6. The van der Waals surface area contributed by atoms with Gasteiger partial charge in [0.15, 0.2) is 5.78 Å². The van der Waals surface area contributed by atoms with E-state index in [0.717, 1.165) is 6.07 Å². The molecule has 1 unspecified atom stereocenters. The third-order valence-corrected chi connectivity index (χ3v) is 3.15. The summed E-state index contributed by atoms with van der Waals surface area (Å²) < 4.78 is 38.5. The lowest BCUT2D eigenvalue weighted by Gasteiger charge is -2.14. The van der Waals surface area contributed by atoms with Gasteiger partial charge in [0.05, 0.1) is 5.56 Å². The molecule has 1 aromatic rings. The molecule has 0 radical (unpaired) electrons. The number of fused-ring (bicyclic) bond motifs is 1. The first-order valence-electron chi connectivity index (χ1n) is 5.68. The molecule has 0 bridgehead atoms. The molecular formula is C13H15ClF3NO. The van der Waals surface area contributed by atoms with E-state index in [0.29, 0.717) is 6.54 Å². The number of nitrogens with zero attached hydrogens (tertiary/aromatic N) is 1. The second kappa shape index (κ2) is 5.51. The zero-order valence-corrected chi connectivity index (χ0v) is 11.4. The Morgan fingerprint density at radius 3 is 2.47 bits per heavy atom. The highest BCUT2D eigenvalue weighted by Crippen LogP contribution is 2.38. The Bertz CT molecular complexity index is 485. The molecule has 0 N–H and O–H groups in total. The number of hydrogen-bond donors (Lipinski definition) is 0. The van der Waals surface area contributed by atoms with E-state index in [1.807, 2.05) is 4.90 Å². The molecule has 0 aliphatic heterocycles. The first-order chi connectivity index (χ1) is 8.30. The molecule has 0 saturated heterocycles. The Hall–Kier alpha value is -1.07. The average molecular weight is 294 g/mol. The highest BCUT2D eigenvalue weighted by Gasteiger charge is 2.40. The van der Waals surface area contributed by atoms with E-state index in [-0.39, 0.29) is 41.7 Å². The summed E-state index contributed by atoms with van der Waals surface area (Å²) in [5, 5.41) is 0. The summed E-state index contributed by atoms with van der Waals surface area (Å²) >= 11 is 0. The van der Waals surface area contributed by atoms with Crippen LogP contribution in [0.2, 0.25) is 0 Å². The Morgan fingerprint density at radius 2 is 1.95 bits per heavy atom. The highest BCUT2D eigenvalue weighted by molar-refractivity contribution is 6.02. The Labute approximate surface area is 116 Å². The predicted molar refractivity (Wildman–Crippen MR) is 68.8 cm³/mol. The summed E-state index contributed by atoms with van der Waals surface area (Å²) in [6.07, 6.45) is -4.21. The van der Waals surface area contributed by atoms with Crippen LogP contribution in [-0.2, 0) is 12.6 Å². The van der Waals surface area contributed by atoms with Gasteiger partial charge in [0.2, 0.25) is 0 Å². The Kier molecular flexibility index (Phi) is 4.63. The van der Waals surface area contributed by atoms with Crippen molar-refractivity contribution in [1.29, 1.82) is 0 Å². The van der Waals surface area contributed by atoms with E-state index in [1.165, 1.54) is 12.1 Å². The number of carbonyl (C=O) groups is 1. The van der Waals surface area contributed by atoms with Crippen LogP contribution in [0.3, 0.4) is 0 Å². The molecule has 1 aromatic carbocycles. The van der Waals surface area contributed by atoms with E-state index in [2.05, 4.69) is 0 Å². The normalized spacial score (nSPS) is 18.4. The fraction of sp³-hybridized carbons (Fsp3) is 0.462. The van der Waals surface area contributed by atoms with E-state index >= 15 is 0 Å². The first-order valence-corrected chi connectivity index (χ1v) is 5.68. The number of benzene rings is 1. The lowest BCUT2D eigenvalue weighted by atomic mass is 10.0. The minimum Gasteiger partial charge on any atom is -0.309 e. The summed E-state index contributed by atoms with van der Waals surface area (Å²) in [4.78, 5) is 13.8. The van der Waals surface area contributed by atoms with Gasteiger partial charge in [-0.15, -0.1) is 12.4 Å². The fourth-order valence-corrected chi connectivity index (χ4v) is 2.45. The maximum Gasteiger partial charge on any atom is 0.416 e. The van der Waals surface area contributed by atoms with Crippen LogP contribution in [0, 0.1) is 5.92 Å². The van der Waals surface area contributed by atoms with Gasteiger partial charge in [-0.3, -0.25) is 4.79 Å². The van der Waals surface area contributed by atoms with Crippen molar-refractivity contribution in [2.75, 3.05) is 20.6 Å². The largest absolute Gasteiger partial charge is 0.416 e. The third-order valence-electron chi connectivity index (χ3n) is 3.15. The maximum atomic E-state index is 12.8. The van der Waals surface area contributed by atoms with E-state index < -0.39 is 11.7 Å². The van der Waals surface area contributed by atoms with E-state index in [9.17, 15) is 18.0 Å². The molecule has 0 fully saturated rings. The van der Waals surface area contributed by atoms with Crippen molar-refractivity contribution in [3.8, 4) is 0 Å². The molecule has 0 spiro atoms. The highest BCUT2D eigenvalue weighted by atomic mass is 35.5. The number of hydrogen-bond acceptors (Lipinski definition) is 2. The number of carbonyl (C=O) groups excluding carboxylic acids is 1. The summed E-state index contributed by atoms with van der Waals surface area (Å²) in [6, 6.07) is 3.84. The Balaban J connectivity index is 0.00000180. The first kappa shape index (κ1) is 16.0. The number of rotatable bonds is 2. The molecule has 19 heavy (non-hydrogen) atoms. The molecule has 1 atom stereocenters. The van der Waals surface area contributed by atoms with Crippen molar-refractivity contribution >= 4 is 18.2 Å². The summed E-state index contributed by atoms with van der Waals surface area (Å²) in [5.41, 5.74) is -0.284. The van der Waals surface area contributed by atoms with Crippen LogP contribution in [0.5, 0.6) is 0 Å². The number of ketones is 1. The lowest BCUT2D eigenvalue weighted by molar-refractivity contribution is -0.138. The topological polar surface area (TPSA) is 20.3 Å². The van der Waals surface area contributed by atoms with Crippen LogP contribution in [0.4, 0.5) is 13.2 Å². The molecule has 0 heterocycles. The van der Waals surface area contributed by atoms with Crippen molar-refractivity contribution < 1.29 is 18.0 Å². The zero-order chi connectivity index (χ0) is 13.5. The average Bonchev–Trinajstić information content (AvgIpc) is 2.54. The standard InChI is InChI=1S/C13H14F3NO.ClH/c1-17(2)7-8-6-10-9(12(8)18)4-3-5-11(10)13(14,15)16;/h3-5,8H,6-7H2,1-2H3;1H. The molecule has 1 aliphatic carbocycles. The molecule has 2 rings (SSSR count). The Morgan fingerprint density at radius 1 is 1.32 bits per heavy atom. The van der Waals surface area contributed by atoms with E-state index in [1.54, 1.807) is 14.1 Å². The van der Waals surface area contributed by atoms with Crippen molar-refractivity contribution in [3.63, 3.8) is 0 Å². The van der Waals surface area contributed by atoms with Crippen molar-refractivity contribution in [2.45, 2.75) is 12.6 Å². The lowest BCUT2D eigenvalue weighted by Crippen LogP contribution is -2.25. The smallest absolute Gasteiger partial charge is 0.309 e. The van der Waals surface area contributed by atoms with E-state index in [4.69, 9.17) is 0 Å². The van der Waals surface area contributed by atoms with Crippen molar-refractivity contribution in [1.82, 2.24) is 4.90 Å². The number of halogens is 4. The van der Waals surface area contributed by atoms with Crippen LogP contribution in [-0.4, -0.2) is 31.3 Å². The van der Waals surface area contributed by atoms with Gasteiger partial charge >= 0.3 is 6.18 Å². The van der Waals surface area contributed by atoms with Crippen LogP contribution in [0.25, 0.3) is 0 Å². The van der Waals surface area contributed by atoms with Gasteiger partial charge in [-0.2, -0.15) is 13.2 Å². The number of alkyl halides is 3. The monoisotopic (exact) mass is 293 g/mol. The summed E-state index contributed by atoms with van der Waals surface area (Å²) in [7, 11) is 3.61. The van der Waals surface area contributed by atoms with Crippen molar-refractivity contribution in [2.24, 2.45) is 5.92 Å². The number of Topliss-reactive ketones (excluding diaryl/α,β-unsaturated/α-hetero) is 1. The van der Waals surface area contributed by atoms with Gasteiger partial charge in [-0.05, 0) is 32.1 Å². The third kappa shape index (κ3) is 3.09. The summed E-state index contributed by atoms with van der Waals surface area (Å²) in [5.74, 6) is -0.539.